The molecular weight excluding hydrogens is 475 g/mol. The Morgan fingerprint density at radius 2 is 1.91 bits per heavy atom. The summed E-state index contributed by atoms with van der Waals surface area (Å²) in [6.45, 7) is 3.86. The summed E-state index contributed by atoms with van der Waals surface area (Å²) in [7, 11) is 8.73. The van der Waals surface area contributed by atoms with Crippen LogP contribution in [0.1, 0.15) is 11.1 Å². The zero-order valence-corrected chi connectivity index (χ0v) is 16.1. The topological polar surface area (TPSA) is 15.6 Å². The van der Waals surface area contributed by atoms with E-state index in [0.29, 0.717) is 0 Å². The Morgan fingerprint density at radius 1 is 1.18 bits per heavy atom. The predicted octanol–water partition coefficient (Wildman–Crippen LogP) is 4.13. The first-order chi connectivity index (χ1) is 10.7. The molecule has 0 heterocycles. The van der Waals surface area contributed by atoms with Crippen LogP contribution in [-0.2, 0) is 18.8 Å². The minimum absolute atomic E-state index is 0.818. The Hall–Kier alpha value is -0.952. The fourth-order valence-electron chi connectivity index (χ4n) is 1.95. The van der Waals surface area contributed by atoms with Gasteiger partial charge in [-0.15, -0.1) is 35.4 Å². The van der Waals surface area contributed by atoms with Crippen LogP contribution in [0.2, 0.25) is 0 Å². The van der Waals surface area contributed by atoms with Crippen LogP contribution in [0.3, 0.4) is 0 Å². The third kappa shape index (κ3) is 6.44. The summed E-state index contributed by atoms with van der Waals surface area (Å²) in [5, 5.41) is 0. The number of hydrogen-bond donors (Lipinski definition) is 0. The van der Waals surface area contributed by atoms with E-state index < -0.39 is 0 Å². The van der Waals surface area contributed by atoms with Crippen LogP contribution in [0.4, 0.5) is 0 Å². The van der Waals surface area contributed by atoms with Crippen molar-refractivity contribution >= 4 is 15.6 Å². The van der Waals surface area contributed by atoms with Crippen molar-refractivity contribution in [2.75, 3.05) is 27.2 Å². The van der Waals surface area contributed by atoms with Crippen molar-refractivity contribution in [2.24, 2.45) is 4.99 Å². The van der Waals surface area contributed by atoms with Gasteiger partial charge in [0.1, 0.15) is 0 Å². The molecule has 2 rings (SSSR count). The maximum absolute atomic E-state index is 4.61. The Morgan fingerprint density at radius 3 is 2.55 bits per heavy atom. The van der Waals surface area contributed by atoms with Gasteiger partial charge in [0.2, 0.25) is 0 Å². The van der Waals surface area contributed by atoms with E-state index in [1.165, 1.54) is 11.1 Å². The molecule has 0 spiro atoms. The quantitative estimate of drug-likeness (QED) is 0.450. The third-order valence-electron chi connectivity index (χ3n) is 3.13. The van der Waals surface area contributed by atoms with Crippen LogP contribution in [0, 0.1) is 13.0 Å². The first-order valence-electron chi connectivity index (χ1n) is 7.01. The van der Waals surface area contributed by atoms with Gasteiger partial charge in [-0.25, -0.2) is 0 Å². The Balaban J connectivity index is 0.00000116. The average Bonchev–Trinajstić information content (AvgIpc) is 2.54. The van der Waals surface area contributed by atoms with E-state index in [4.69, 9.17) is 0 Å². The zero-order valence-electron chi connectivity index (χ0n) is 13.1. The van der Waals surface area contributed by atoms with Crippen molar-refractivity contribution in [1.29, 1.82) is 0 Å². The second kappa shape index (κ2) is 10.7. The van der Waals surface area contributed by atoms with Crippen LogP contribution >= 0.6 is 9.42 Å². The number of likely N-dealkylation sites (N-methyl/N-ethyl adjacent to an activating group) is 1. The second-order valence-electron chi connectivity index (χ2n) is 5.21. The summed E-state index contributed by atoms with van der Waals surface area (Å²) in [4.78, 5) is 6.64. The number of aliphatic imine (C=N–C) groups is 1. The van der Waals surface area contributed by atoms with E-state index in [1.807, 2.05) is 18.3 Å². The maximum atomic E-state index is 4.61. The van der Waals surface area contributed by atoms with Crippen molar-refractivity contribution in [1.82, 2.24) is 4.90 Å². The molecule has 0 amide bonds. The van der Waals surface area contributed by atoms with Gasteiger partial charge >= 0.3 is 28.2 Å². The molecule has 0 fully saturated rings. The van der Waals surface area contributed by atoms with E-state index in [2.05, 4.69) is 76.7 Å². The molecule has 0 N–H and O–H groups in total. The normalized spacial score (nSPS) is 10.7. The second-order valence-corrected chi connectivity index (χ2v) is 5.21. The van der Waals surface area contributed by atoms with Gasteiger partial charge in [0.05, 0.1) is 6.54 Å². The number of aryl methyl sites for hydroxylation is 1. The molecule has 0 aromatic heterocycles. The van der Waals surface area contributed by atoms with Gasteiger partial charge < -0.3 is 4.90 Å². The summed E-state index contributed by atoms with van der Waals surface area (Å²) in [6.07, 6.45) is 1.96. The van der Waals surface area contributed by atoms with Gasteiger partial charge in [0.15, 0.2) is 0 Å². The monoisotopic (exact) mass is 495 g/mol. The van der Waals surface area contributed by atoms with Crippen molar-refractivity contribution in [2.45, 2.75) is 6.92 Å². The molecular formula is C18H21ClN2Pt. The summed E-state index contributed by atoms with van der Waals surface area (Å²) < 4.78 is 0. The van der Waals surface area contributed by atoms with E-state index in [1.54, 1.807) is 18.8 Å². The predicted molar refractivity (Wildman–Crippen MR) is 92.3 cm³/mol. The molecule has 0 bridgehead atoms. The van der Waals surface area contributed by atoms with E-state index in [9.17, 15) is 0 Å². The van der Waals surface area contributed by atoms with Crippen molar-refractivity contribution < 1.29 is 18.8 Å². The molecule has 0 aliphatic carbocycles. The molecule has 22 heavy (non-hydrogen) atoms. The number of hydrogen-bond acceptors (Lipinski definition) is 2. The van der Waals surface area contributed by atoms with Gasteiger partial charge in [0.25, 0.3) is 0 Å². The molecule has 2 aromatic rings. The van der Waals surface area contributed by atoms with Gasteiger partial charge in [0, 0.05) is 12.8 Å². The SMILES string of the molecule is Cc1c[c-]c(-c2ccccc2C=NCCN(C)C)cc1.[Cl][Pt+]. The van der Waals surface area contributed by atoms with Crippen LogP contribution in [0.15, 0.2) is 47.5 Å². The summed E-state index contributed by atoms with van der Waals surface area (Å²) >= 11 is 1.61. The zero-order chi connectivity index (χ0) is 16.4. The average molecular weight is 496 g/mol. The molecule has 120 valence electrons. The number of nitrogens with zero attached hydrogens (tertiary/aromatic N) is 2. The molecule has 0 aliphatic rings. The van der Waals surface area contributed by atoms with Crippen LogP contribution in [0.5, 0.6) is 0 Å². The fraction of sp³-hybridized carbons (Fsp3) is 0.278. The Bertz CT molecular complexity index is 580. The van der Waals surface area contributed by atoms with Gasteiger partial charge in [-0.2, -0.15) is 0 Å². The number of rotatable bonds is 5. The van der Waals surface area contributed by atoms with Crippen LogP contribution in [0.25, 0.3) is 11.1 Å². The standard InChI is InChI=1S/C18H21N2.ClH.Pt/c1-15-8-10-16(11-9-15)18-7-5-4-6-17(18)14-19-12-13-20(2)3;;/h4-10,14H,12-13H2,1-3H3;1H;/q-1;;+2/p-1. The summed E-state index contributed by atoms with van der Waals surface area (Å²) in [5.41, 5.74) is 4.67. The Kier molecular flexibility index (Phi) is 9.31. The summed E-state index contributed by atoms with van der Waals surface area (Å²) in [5.74, 6) is 0. The van der Waals surface area contributed by atoms with Gasteiger partial charge in [-0.05, 0) is 19.7 Å². The number of benzene rings is 2. The first-order valence-corrected chi connectivity index (χ1v) is 9.82. The summed E-state index contributed by atoms with van der Waals surface area (Å²) in [6, 6.07) is 17.9. The van der Waals surface area contributed by atoms with Crippen molar-refractivity contribution in [3.05, 3.63) is 59.7 Å². The van der Waals surface area contributed by atoms with E-state index in [-0.39, 0.29) is 0 Å². The number of halogens is 1. The van der Waals surface area contributed by atoms with E-state index >= 15 is 0 Å². The molecule has 4 heteroatoms. The molecule has 0 radical (unpaired) electrons. The molecule has 0 aliphatic heterocycles. The van der Waals surface area contributed by atoms with Gasteiger partial charge in [-0.1, -0.05) is 36.8 Å². The van der Waals surface area contributed by atoms with Crippen LogP contribution in [-0.4, -0.2) is 38.3 Å². The molecule has 2 nitrogen and oxygen atoms in total. The molecule has 0 unspecified atom stereocenters. The molecule has 0 atom stereocenters. The molecule has 0 saturated heterocycles. The first kappa shape index (κ1) is 19.1. The van der Waals surface area contributed by atoms with E-state index in [0.717, 1.165) is 24.2 Å². The minimum atomic E-state index is 0.818. The fourth-order valence-corrected chi connectivity index (χ4v) is 1.95. The van der Waals surface area contributed by atoms with Gasteiger partial charge in [-0.3, -0.25) is 4.99 Å². The van der Waals surface area contributed by atoms with Crippen molar-refractivity contribution in [3.8, 4) is 11.1 Å². The molecule has 0 saturated carbocycles. The van der Waals surface area contributed by atoms with Crippen molar-refractivity contribution in [3.63, 3.8) is 0 Å². The molecule has 2 aromatic carbocycles. The third-order valence-corrected chi connectivity index (χ3v) is 3.13. The van der Waals surface area contributed by atoms with Crippen LogP contribution < -0.4 is 0 Å². The Labute approximate surface area is 149 Å².